The average molecular weight is 235 g/mol. The minimum atomic E-state index is 0.351. The Labute approximate surface area is 103 Å². The van der Waals surface area contributed by atoms with Gasteiger partial charge in [0, 0.05) is 26.7 Å². The van der Waals surface area contributed by atoms with Crippen LogP contribution in [0.1, 0.15) is 19.8 Å². The van der Waals surface area contributed by atoms with Crippen LogP contribution in [-0.4, -0.2) is 37.8 Å². The van der Waals surface area contributed by atoms with Gasteiger partial charge in [0.15, 0.2) is 0 Å². The summed E-state index contributed by atoms with van der Waals surface area (Å²) in [6, 6.07) is 6.14. The first-order chi connectivity index (χ1) is 8.33. The van der Waals surface area contributed by atoms with E-state index >= 15 is 0 Å². The molecule has 0 saturated carbocycles. The van der Waals surface area contributed by atoms with Gasteiger partial charge in [0.25, 0.3) is 0 Å². The number of rotatable bonds is 5. The number of nitrogens with one attached hydrogen (secondary N) is 1. The van der Waals surface area contributed by atoms with Crippen molar-refractivity contribution in [2.24, 2.45) is 0 Å². The number of anilines is 2. The van der Waals surface area contributed by atoms with Gasteiger partial charge in [-0.15, -0.1) is 0 Å². The highest BCUT2D eigenvalue weighted by molar-refractivity contribution is 5.47. The zero-order chi connectivity index (χ0) is 12.1. The molecule has 4 heteroatoms. The molecule has 2 rings (SSSR count). The fraction of sp³-hybridized carbons (Fsp3) is 0.615. The summed E-state index contributed by atoms with van der Waals surface area (Å²) in [4.78, 5) is 6.90. The van der Waals surface area contributed by atoms with Crippen LogP contribution in [0.2, 0.25) is 0 Å². The SMILES string of the molecule is CCCNc1cccc(N2CCC(OC)C2)n1. The van der Waals surface area contributed by atoms with Crippen LogP contribution in [0.5, 0.6) is 0 Å². The molecular formula is C13H21N3O. The molecule has 1 aliphatic heterocycles. The predicted octanol–water partition coefficient (Wildman–Crippen LogP) is 2.13. The molecule has 1 atom stereocenters. The minimum absolute atomic E-state index is 0.351. The van der Waals surface area contributed by atoms with Gasteiger partial charge < -0.3 is 15.0 Å². The lowest BCUT2D eigenvalue weighted by Gasteiger charge is -2.18. The number of aromatic nitrogens is 1. The molecule has 4 nitrogen and oxygen atoms in total. The maximum absolute atomic E-state index is 5.37. The number of pyridine rings is 1. The summed E-state index contributed by atoms with van der Waals surface area (Å²) in [5.41, 5.74) is 0. The van der Waals surface area contributed by atoms with Gasteiger partial charge >= 0.3 is 0 Å². The van der Waals surface area contributed by atoms with Crippen molar-refractivity contribution in [1.82, 2.24) is 4.98 Å². The number of ether oxygens (including phenoxy) is 1. The van der Waals surface area contributed by atoms with Crippen molar-refractivity contribution in [2.75, 3.05) is 37.0 Å². The van der Waals surface area contributed by atoms with E-state index in [0.717, 1.165) is 44.1 Å². The maximum Gasteiger partial charge on any atom is 0.131 e. The Hall–Kier alpha value is -1.29. The molecular weight excluding hydrogens is 214 g/mol. The third-order valence-electron chi connectivity index (χ3n) is 3.09. The normalized spacial score (nSPS) is 19.6. The molecule has 1 aromatic heterocycles. The Morgan fingerprint density at radius 2 is 2.41 bits per heavy atom. The van der Waals surface area contributed by atoms with Gasteiger partial charge in [-0.3, -0.25) is 0 Å². The molecule has 1 fully saturated rings. The van der Waals surface area contributed by atoms with Crippen LogP contribution < -0.4 is 10.2 Å². The molecule has 0 spiro atoms. The number of methoxy groups -OCH3 is 1. The van der Waals surface area contributed by atoms with E-state index in [9.17, 15) is 0 Å². The standard InChI is InChI=1S/C13H21N3O/c1-3-8-14-12-5-4-6-13(15-12)16-9-7-11(10-16)17-2/h4-6,11H,3,7-10H2,1-2H3,(H,14,15). The first kappa shape index (κ1) is 12.2. The molecule has 1 aromatic rings. The molecule has 94 valence electrons. The van der Waals surface area contributed by atoms with Gasteiger partial charge in [0.05, 0.1) is 6.10 Å². The van der Waals surface area contributed by atoms with Crippen LogP contribution in [0.3, 0.4) is 0 Å². The van der Waals surface area contributed by atoms with Gasteiger partial charge in [0.2, 0.25) is 0 Å². The molecule has 1 aliphatic rings. The summed E-state index contributed by atoms with van der Waals surface area (Å²) in [6.07, 6.45) is 2.55. The van der Waals surface area contributed by atoms with Crippen LogP contribution in [0.15, 0.2) is 18.2 Å². The van der Waals surface area contributed by atoms with E-state index in [1.54, 1.807) is 7.11 Å². The second-order valence-electron chi connectivity index (χ2n) is 4.40. The highest BCUT2D eigenvalue weighted by Gasteiger charge is 2.22. The Kier molecular flexibility index (Phi) is 4.20. The number of hydrogen-bond acceptors (Lipinski definition) is 4. The average Bonchev–Trinajstić information content (AvgIpc) is 2.85. The molecule has 0 aliphatic carbocycles. The van der Waals surface area contributed by atoms with E-state index in [1.807, 2.05) is 6.07 Å². The van der Waals surface area contributed by atoms with Crippen molar-refractivity contribution in [2.45, 2.75) is 25.9 Å². The van der Waals surface area contributed by atoms with Crippen LogP contribution in [0, 0.1) is 0 Å². The third kappa shape index (κ3) is 3.09. The number of nitrogens with zero attached hydrogens (tertiary/aromatic N) is 2. The monoisotopic (exact) mass is 235 g/mol. The fourth-order valence-electron chi connectivity index (χ4n) is 2.08. The minimum Gasteiger partial charge on any atom is -0.380 e. The predicted molar refractivity (Wildman–Crippen MR) is 70.6 cm³/mol. The zero-order valence-corrected chi connectivity index (χ0v) is 10.6. The Morgan fingerprint density at radius 1 is 1.53 bits per heavy atom. The zero-order valence-electron chi connectivity index (χ0n) is 10.6. The lowest BCUT2D eigenvalue weighted by Crippen LogP contribution is -2.23. The molecule has 1 N–H and O–H groups in total. The van der Waals surface area contributed by atoms with Gasteiger partial charge in [-0.2, -0.15) is 0 Å². The molecule has 0 radical (unpaired) electrons. The largest absolute Gasteiger partial charge is 0.380 e. The van der Waals surface area contributed by atoms with Gasteiger partial charge in [-0.1, -0.05) is 13.0 Å². The van der Waals surface area contributed by atoms with Crippen molar-refractivity contribution in [3.05, 3.63) is 18.2 Å². The van der Waals surface area contributed by atoms with E-state index in [-0.39, 0.29) is 0 Å². The smallest absolute Gasteiger partial charge is 0.131 e. The third-order valence-corrected chi connectivity index (χ3v) is 3.09. The summed E-state index contributed by atoms with van der Waals surface area (Å²) in [6.45, 7) is 5.10. The molecule has 1 unspecified atom stereocenters. The summed E-state index contributed by atoms with van der Waals surface area (Å²) in [7, 11) is 1.78. The Bertz CT molecular complexity index is 356. The van der Waals surface area contributed by atoms with Crippen LogP contribution in [0.25, 0.3) is 0 Å². The van der Waals surface area contributed by atoms with Crippen LogP contribution in [-0.2, 0) is 4.74 Å². The van der Waals surface area contributed by atoms with E-state index in [0.29, 0.717) is 6.10 Å². The first-order valence-corrected chi connectivity index (χ1v) is 6.32. The van der Waals surface area contributed by atoms with Gasteiger partial charge in [-0.25, -0.2) is 4.98 Å². The second kappa shape index (κ2) is 5.87. The molecule has 2 heterocycles. The van der Waals surface area contributed by atoms with Crippen molar-refractivity contribution in [1.29, 1.82) is 0 Å². The molecule has 17 heavy (non-hydrogen) atoms. The lowest BCUT2D eigenvalue weighted by molar-refractivity contribution is 0.121. The highest BCUT2D eigenvalue weighted by atomic mass is 16.5. The Balaban J connectivity index is 2.01. The summed E-state index contributed by atoms with van der Waals surface area (Å²) in [5, 5.41) is 3.31. The molecule has 0 amide bonds. The summed E-state index contributed by atoms with van der Waals surface area (Å²) < 4.78 is 5.37. The van der Waals surface area contributed by atoms with Crippen LogP contribution in [0.4, 0.5) is 11.6 Å². The molecule has 0 bridgehead atoms. The maximum atomic E-state index is 5.37. The van der Waals surface area contributed by atoms with Crippen molar-refractivity contribution < 1.29 is 4.74 Å². The van der Waals surface area contributed by atoms with E-state index < -0.39 is 0 Å². The fourth-order valence-corrected chi connectivity index (χ4v) is 2.08. The molecule has 0 aromatic carbocycles. The van der Waals surface area contributed by atoms with E-state index in [1.165, 1.54) is 0 Å². The second-order valence-corrected chi connectivity index (χ2v) is 4.40. The van der Waals surface area contributed by atoms with E-state index in [2.05, 4.69) is 34.3 Å². The lowest BCUT2D eigenvalue weighted by atomic mass is 10.3. The van der Waals surface area contributed by atoms with Crippen molar-refractivity contribution in [3.63, 3.8) is 0 Å². The number of hydrogen-bond donors (Lipinski definition) is 1. The molecule has 1 saturated heterocycles. The summed E-state index contributed by atoms with van der Waals surface area (Å²) >= 11 is 0. The van der Waals surface area contributed by atoms with Crippen molar-refractivity contribution >= 4 is 11.6 Å². The first-order valence-electron chi connectivity index (χ1n) is 6.32. The topological polar surface area (TPSA) is 37.4 Å². The van der Waals surface area contributed by atoms with Crippen LogP contribution >= 0.6 is 0 Å². The van der Waals surface area contributed by atoms with Crippen molar-refractivity contribution in [3.8, 4) is 0 Å². The highest BCUT2D eigenvalue weighted by Crippen LogP contribution is 2.20. The van der Waals surface area contributed by atoms with Gasteiger partial charge in [-0.05, 0) is 25.0 Å². The quantitative estimate of drug-likeness (QED) is 0.848. The van der Waals surface area contributed by atoms with E-state index in [4.69, 9.17) is 4.74 Å². The summed E-state index contributed by atoms with van der Waals surface area (Å²) in [5.74, 6) is 2.01. The Morgan fingerprint density at radius 3 is 3.12 bits per heavy atom. The van der Waals surface area contributed by atoms with Gasteiger partial charge in [0.1, 0.15) is 11.6 Å².